The maximum absolute atomic E-state index is 13.1. The molecule has 4 aromatic rings. The van der Waals surface area contributed by atoms with Gasteiger partial charge in [0.15, 0.2) is 0 Å². The number of guanidine groups is 1. The van der Waals surface area contributed by atoms with Crippen molar-refractivity contribution < 1.29 is 4.79 Å². The number of carbonyl (C=O) groups excluding carboxylic acids is 1. The van der Waals surface area contributed by atoms with Crippen molar-refractivity contribution in [1.29, 1.82) is 5.26 Å². The standard InChI is InChI=1S/C27H28N8OS/c1-35(2)14-13-30-27(32-18-28)34-21-7-5-6-20(16-21)33-26(36)25-24(11-15-37-25)31-17-19-10-12-29-23-9-4-3-8-22(19)23/h3-12,15-16,31H,13-14,17H2,1-2H3,(H,33,36)(H2,30,32,34). The normalized spacial score (nSPS) is 11.2. The van der Waals surface area contributed by atoms with Crippen LogP contribution in [0.25, 0.3) is 10.9 Å². The molecule has 0 spiro atoms. The first-order valence-corrected chi connectivity index (χ1v) is 12.6. The lowest BCUT2D eigenvalue weighted by Crippen LogP contribution is -2.35. The van der Waals surface area contributed by atoms with Crippen LogP contribution in [0.3, 0.4) is 0 Å². The fourth-order valence-electron chi connectivity index (χ4n) is 3.68. The number of carbonyl (C=O) groups is 1. The summed E-state index contributed by atoms with van der Waals surface area (Å²) in [5, 5.41) is 24.5. The number of pyridine rings is 1. The third-order valence-corrected chi connectivity index (χ3v) is 6.39. The van der Waals surface area contributed by atoms with Crippen LogP contribution in [0.4, 0.5) is 17.1 Å². The number of nitriles is 1. The first-order valence-electron chi connectivity index (χ1n) is 11.7. The number of hydrogen-bond donors (Lipinski definition) is 4. The highest BCUT2D eigenvalue weighted by Gasteiger charge is 2.14. The zero-order valence-corrected chi connectivity index (χ0v) is 21.5. The number of nitrogens with zero attached hydrogens (tertiary/aromatic N) is 4. The van der Waals surface area contributed by atoms with Crippen molar-refractivity contribution in [1.82, 2.24) is 15.2 Å². The second-order valence-corrected chi connectivity index (χ2v) is 9.37. The van der Waals surface area contributed by atoms with Gasteiger partial charge in [0.2, 0.25) is 12.2 Å². The first-order chi connectivity index (χ1) is 18.0. The predicted molar refractivity (Wildman–Crippen MR) is 151 cm³/mol. The van der Waals surface area contributed by atoms with Crippen LogP contribution in [0, 0.1) is 11.5 Å². The fourth-order valence-corrected chi connectivity index (χ4v) is 4.45. The van der Waals surface area contributed by atoms with Gasteiger partial charge in [-0.25, -0.2) is 0 Å². The summed E-state index contributed by atoms with van der Waals surface area (Å²) in [6.07, 6.45) is 3.60. The molecule has 0 fully saturated rings. The predicted octanol–water partition coefficient (Wildman–Crippen LogP) is 4.56. The number of nitrogens with one attached hydrogen (secondary N) is 4. The molecule has 0 radical (unpaired) electrons. The van der Waals surface area contributed by atoms with E-state index in [0.29, 0.717) is 35.3 Å². The molecule has 10 heteroatoms. The lowest BCUT2D eigenvalue weighted by Gasteiger charge is -2.14. The minimum Gasteiger partial charge on any atom is -0.380 e. The Labute approximate surface area is 219 Å². The average molecular weight is 513 g/mol. The SMILES string of the molecule is CN(C)CCN/C(=N\C#N)Nc1cccc(NC(=O)c2sccc2NCc2ccnc3ccccc23)c1. The van der Waals surface area contributed by atoms with Crippen LogP contribution in [0.15, 0.2) is 77.2 Å². The Morgan fingerprint density at radius 3 is 2.70 bits per heavy atom. The van der Waals surface area contributed by atoms with E-state index in [1.807, 2.05) is 79.0 Å². The van der Waals surface area contributed by atoms with E-state index in [1.165, 1.54) is 11.3 Å². The van der Waals surface area contributed by atoms with E-state index in [1.54, 1.807) is 18.5 Å². The topological polar surface area (TPSA) is 117 Å². The van der Waals surface area contributed by atoms with E-state index in [2.05, 4.69) is 31.2 Å². The average Bonchev–Trinajstić information content (AvgIpc) is 3.36. The number of benzene rings is 2. The summed E-state index contributed by atoms with van der Waals surface area (Å²) >= 11 is 1.38. The van der Waals surface area contributed by atoms with Crippen LogP contribution in [0.1, 0.15) is 15.2 Å². The van der Waals surface area contributed by atoms with Crippen molar-refractivity contribution in [2.24, 2.45) is 4.99 Å². The third-order valence-electron chi connectivity index (χ3n) is 5.48. The number of likely N-dealkylation sites (N-methyl/N-ethyl adjacent to an activating group) is 1. The van der Waals surface area contributed by atoms with Gasteiger partial charge in [0.25, 0.3) is 5.91 Å². The summed E-state index contributed by atoms with van der Waals surface area (Å²) in [5.41, 5.74) is 4.13. The molecule has 37 heavy (non-hydrogen) atoms. The maximum Gasteiger partial charge on any atom is 0.267 e. The molecule has 0 aliphatic carbocycles. The Morgan fingerprint density at radius 1 is 1.08 bits per heavy atom. The number of thiophene rings is 1. The molecule has 0 saturated heterocycles. The molecular weight excluding hydrogens is 484 g/mol. The molecule has 2 heterocycles. The van der Waals surface area contributed by atoms with E-state index in [4.69, 9.17) is 5.26 Å². The van der Waals surface area contributed by atoms with Gasteiger partial charge >= 0.3 is 0 Å². The van der Waals surface area contributed by atoms with E-state index >= 15 is 0 Å². The number of amides is 1. The van der Waals surface area contributed by atoms with Gasteiger partial charge < -0.3 is 26.2 Å². The minimum absolute atomic E-state index is 0.204. The Hall–Kier alpha value is -4.46. The summed E-state index contributed by atoms with van der Waals surface area (Å²) in [5.74, 6) is 0.144. The summed E-state index contributed by atoms with van der Waals surface area (Å²) in [6, 6.07) is 19.2. The molecular formula is C27H28N8OS. The molecule has 1 amide bonds. The van der Waals surface area contributed by atoms with Crippen LogP contribution in [0.2, 0.25) is 0 Å². The van der Waals surface area contributed by atoms with Gasteiger partial charge in [-0.05, 0) is 61.4 Å². The first kappa shape index (κ1) is 25.6. The Morgan fingerprint density at radius 2 is 1.89 bits per heavy atom. The molecule has 4 N–H and O–H groups in total. The smallest absolute Gasteiger partial charge is 0.267 e. The molecule has 2 aromatic carbocycles. The molecule has 0 bridgehead atoms. The summed E-state index contributed by atoms with van der Waals surface area (Å²) in [7, 11) is 3.94. The molecule has 0 unspecified atom stereocenters. The second kappa shape index (κ2) is 12.5. The van der Waals surface area contributed by atoms with E-state index < -0.39 is 0 Å². The van der Waals surface area contributed by atoms with Crippen LogP contribution in [-0.2, 0) is 6.54 Å². The molecule has 0 saturated carbocycles. The Bertz CT molecular complexity index is 1430. The van der Waals surface area contributed by atoms with Gasteiger partial charge in [-0.2, -0.15) is 5.26 Å². The van der Waals surface area contributed by atoms with Crippen LogP contribution < -0.4 is 21.3 Å². The number of para-hydroxylation sites is 1. The van der Waals surface area contributed by atoms with Crippen molar-refractivity contribution in [3.8, 4) is 6.19 Å². The Balaban J connectivity index is 1.41. The van der Waals surface area contributed by atoms with Gasteiger partial charge in [-0.3, -0.25) is 9.78 Å². The van der Waals surface area contributed by atoms with Crippen molar-refractivity contribution in [3.63, 3.8) is 0 Å². The van der Waals surface area contributed by atoms with Crippen molar-refractivity contribution >= 4 is 51.2 Å². The Kier molecular flexibility index (Phi) is 8.65. The van der Waals surface area contributed by atoms with Gasteiger partial charge in [0.05, 0.1) is 11.2 Å². The number of aromatic nitrogens is 1. The highest BCUT2D eigenvalue weighted by atomic mass is 32.1. The molecule has 2 aromatic heterocycles. The summed E-state index contributed by atoms with van der Waals surface area (Å²) in [6.45, 7) is 1.98. The third kappa shape index (κ3) is 7.04. The summed E-state index contributed by atoms with van der Waals surface area (Å²) < 4.78 is 0. The monoisotopic (exact) mass is 512 g/mol. The van der Waals surface area contributed by atoms with Gasteiger partial charge in [0, 0.05) is 42.6 Å². The van der Waals surface area contributed by atoms with E-state index in [0.717, 1.165) is 28.7 Å². The molecule has 9 nitrogen and oxygen atoms in total. The van der Waals surface area contributed by atoms with Crippen LogP contribution in [-0.4, -0.2) is 48.9 Å². The van der Waals surface area contributed by atoms with Crippen molar-refractivity contribution in [2.45, 2.75) is 6.54 Å². The number of rotatable bonds is 9. The van der Waals surface area contributed by atoms with Gasteiger partial charge in [-0.15, -0.1) is 16.3 Å². The fraction of sp³-hybridized carbons (Fsp3) is 0.185. The van der Waals surface area contributed by atoms with Crippen LogP contribution in [0.5, 0.6) is 0 Å². The molecule has 4 rings (SSSR count). The number of aliphatic imine (C=N–C) groups is 1. The summed E-state index contributed by atoms with van der Waals surface area (Å²) in [4.78, 5) is 23.9. The van der Waals surface area contributed by atoms with Crippen molar-refractivity contribution in [3.05, 3.63) is 82.7 Å². The zero-order chi connectivity index (χ0) is 26.0. The zero-order valence-electron chi connectivity index (χ0n) is 20.7. The second-order valence-electron chi connectivity index (χ2n) is 8.45. The molecule has 188 valence electrons. The van der Waals surface area contributed by atoms with Crippen LogP contribution >= 0.6 is 11.3 Å². The number of anilines is 3. The lowest BCUT2D eigenvalue weighted by molar-refractivity contribution is 0.103. The van der Waals surface area contributed by atoms with Gasteiger partial charge in [-0.1, -0.05) is 24.3 Å². The van der Waals surface area contributed by atoms with Crippen molar-refractivity contribution in [2.75, 3.05) is 43.1 Å². The number of fused-ring (bicyclic) bond motifs is 1. The van der Waals surface area contributed by atoms with E-state index in [-0.39, 0.29) is 5.91 Å². The van der Waals surface area contributed by atoms with Gasteiger partial charge in [0.1, 0.15) is 4.88 Å². The maximum atomic E-state index is 13.1. The minimum atomic E-state index is -0.204. The quantitative estimate of drug-likeness (QED) is 0.148. The highest BCUT2D eigenvalue weighted by Crippen LogP contribution is 2.26. The highest BCUT2D eigenvalue weighted by molar-refractivity contribution is 7.12. The number of hydrogen-bond acceptors (Lipinski definition) is 7. The molecule has 0 aliphatic heterocycles. The molecule has 0 atom stereocenters. The molecule has 0 aliphatic rings. The lowest BCUT2D eigenvalue weighted by atomic mass is 10.1. The largest absolute Gasteiger partial charge is 0.380 e. The van der Waals surface area contributed by atoms with E-state index in [9.17, 15) is 4.79 Å².